The van der Waals surface area contributed by atoms with Crippen LogP contribution in [0.3, 0.4) is 0 Å². The average molecular weight is 199 g/mol. The molecule has 78 valence electrons. The first-order chi connectivity index (χ1) is 7.31. The number of nitrogens with zero attached hydrogens (tertiary/aromatic N) is 1. The second-order valence-corrected chi connectivity index (χ2v) is 4.02. The van der Waals surface area contributed by atoms with Gasteiger partial charge in [-0.3, -0.25) is 4.98 Å². The van der Waals surface area contributed by atoms with Gasteiger partial charge in [0.25, 0.3) is 0 Å². The van der Waals surface area contributed by atoms with Crippen molar-refractivity contribution in [3.05, 3.63) is 41.7 Å². The molecule has 15 heavy (non-hydrogen) atoms. The van der Waals surface area contributed by atoms with Crippen molar-refractivity contribution in [3.63, 3.8) is 0 Å². The molecule has 0 bridgehead atoms. The summed E-state index contributed by atoms with van der Waals surface area (Å²) in [5.41, 5.74) is 2.38. The fraction of sp³-hybridized carbons (Fsp3) is 0.357. The van der Waals surface area contributed by atoms with Gasteiger partial charge in [0.1, 0.15) is 0 Å². The molecule has 1 heteroatoms. The van der Waals surface area contributed by atoms with Crippen LogP contribution in [0.1, 0.15) is 31.2 Å². The maximum atomic E-state index is 4.64. The summed E-state index contributed by atoms with van der Waals surface area (Å²) in [6, 6.07) is 10.7. The lowest BCUT2D eigenvalue weighted by Crippen LogP contribution is -1.93. The number of benzene rings is 1. The Hall–Kier alpha value is -1.37. The molecule has 0 amide bonds. The maximum Gasteiger partial charge on any atom is 0.0454 e. The Morgan fingerprint density at radius 1 is 1.20 bits per heavy atom. The largest absolute Gasteiger partial charge is 0.258 e. The molecule has 0 N–H and O–H groups in total. The summed E-state index contributed by atoms with van der Waals surface area (Å²) in [5, 5.41) is 2.59. The van der Waals surface area contributed by atoms with Crippen molar-refractivity contribution in [2.75, 3.05) is 0 Å². The Labute approximate surface area is 91.2 Å². The highest BCUT2D eigenvalue weighted by Crippen LogP contribution is 2.18. The third-order valence-corrected chi connectivity index (χ3v) is 2.77. The summed E-state index contributed by atoms with van der Waals surface area (Å²) in [4.78, 5) is 4.64. The van der Waals surface area contributed by atoms with Crippen LogP contribution in [0.2, 0.25) is 0 Å². The molecule has 1 nitrogen and oxygen atoms in total. The Morgan fingerprint density at radius 3 is 2.80 bits per heavy atom. The van der Waals surface area contributed by atoms with Gasteiger partial charge < -0.3 is 0 Å². The van der Waals surface area contributed by atoms with E-state index in [0.717, 1.165) is 12.1 Å². The molecule has 2 rings (SSSR count). The predicted octanol–water partition coefficient (Wildman–Crippen LogP) is 3.89. The number of hydrogen-bond acceptors (Lipinski definition) is 1. The van der Waals surface area contributed by atoms with Crippen LogP contribution < -0.4 is 0 Å². The van der Waals surface area contributed by atoms with Crippen molar-refractivity contribution in [1.29, 1.82) is 0 Å². The van der Waals surface area contributed by atoms with Crippen molar-refractivity contribution < 1.29 is 0 Å². The van der Waals surface area contributed by atoms with Crippen LogP contribution in [0.4, 0.5) is 0 Å². The minimum atomic E-state index is 1.10. The lowest BCUT2D eigenvalue weighted by Gasteiger charge is -2.05. The van der Waals surface area contributed by atoms with E-state index in [1.54, 1.807) is 0 Å². The highest BCUT2D eigenvalue weighted by Gasteiger charge is 2.01. The van der Waals surface area contributed by atoms with Gasteiger partial charge in [-0.25, -0.2) is 0 Å². The number of pyridine rings is 1. The second kappa shape index (κ2) is 4.43. The molecule has 0 aliphatic carbocycles. The maximum absolute atomic E-state index is 4.64. The number of fused-ring (bicyclic) bond motifs is 1. The zero-order valence-electron chi connectivity index (χ0n) is 9.46. The van der Waals surface area contributed by atoms with Crippen LogP contribution in [0.15, 0.2) is 30.3 Å². The first-order valence-corrected chi connectivity index (χ1v) is 5.66. The van der Waals surface area contributed by atoms with Crippen molar-refractivity contribution in [2.45, 2.75) is 33.1 Å². The van der Waals surface area contributed by atoms with E-state index in [1.165, 1.54) is 29.3 Å². The minimum Gasteiger partial charge on any atom is -0.258 e. The summed E-state index contributed by atoms with van der Waals surface area (Å²) < 4.78 is 0. The lowest BCUT2D eigenvalue weighted by molar-refractivity contribution is 0.775. The highest BCUT2D eigenvalue weighted by atomic mass is 14.7. The van der Waals surface area contributed by atoms with Crippen molar-refractivity contribution in [1.82, 2.24) is 4.98 Å². The van der Waals surface area contributed by atoms with E-state index in [1.807, 2.05) is 0 Å². The molecule has 0 saturated carbocycles. The molecular formula is C14H17N. The van der Waals surface area contributed by atoms with Crippen LogP contribution in [0.25, 0.3) is 10.8 Å². The molecule has 1 aromatic carbocycles. The molecule has 0 saturated heterocycles. The fourth-order valence-corrected chi connectivity index (χ4v) is 1.93. The number of unbranched alkanes of at least 4 members (excludes halogenated alkanes) is 1. The average Bonchev–Trinajstić information content (AvgIpc) is 2.26. The summed E-state index contributed by atoms with van der Waals surface area (Å²) in [6.07, 6.45) is 3.56. The van der Waals surface area contributed by atoms with E-state index in [9.17, 15) is 0 Å². The van der Waals surface area contributed by atoms with Gasteiger partial charge in [-0.05, 0) is 31.2 Å². The van der Waals surface area contributed by atoms with Gasteiger partial charge in [-0.15, -0.1) is 0 Å². The molecular weight excluding hydrogens is 182 g/mol. The fourth-order valence-electron chi connectivity index (χ4n) is 1.93. The van der Waals surface area contributed by atoms with Gasteiger partial charge in [-0.1, -0.05) is 37.6 Å². The molecule has 1 aromatic heterocycles. The number of aromatic nitrogens is 1. The lowest BCUT2D eigenvalue weighted by atomic mass is 10.1. The van der Waals surface area contributed by atoms with E-state index < -0.39 is 0 Å². The first kappa shape index (κ1) is 10.2. The zero-order valence-corrected chi connectivity index (χ0v) is 9.46. The molecule has 0 aliphatic heterocycles. The highest BCUT2D eigenvalue weighted by molar-refractivity contribution is 5.84. The SMILES string of the molecule is CCCCc1cc2ccccc2c(C)n1. The Morgan fingerprint density at radius 2 is 2.00 bits per heavy atom. The molecule has 0 spiro atoms. The number of rotatable bonds is 3. The molecule has 0 radical (unpaired) electrons. The predicted molar refractivity (Wildman–Crippen MR) is 65.1 cm³/mol. The number of hydrogen-bond donors (Lipinski definition) is 0. The first-order valence-electron chi connectivity index (χ1n) is 5.66. The van der Waals surface area contributed by atoms with Crippen LogP contribution in [0.5, 0.6) is 0 Å². The summed E-state index contributed by atoms with van der Waals surface area (Å²) in [6.45, 7) is 4.31. The standard InChI is InChI=1S/C14H17N/c1-3-4-8-13-10-12-7-5-6-9-14(12)11(2)15-13/h5-7,9-10H,3-4,8H2,1-2H3. The third kappa shape index (κ3) is 2.17. The number of aryl methyl sites for hydroxylation is 2. The second-order valence-electron chi connectivity index (χ2n) is 4.02. The van der Waals surface area contributed by atoms with Crippen LogP contribution in [-0.4, -0.2) is 4.98 Å². The van der Waals surface area contributed by atoms with Gasteiger partial charge in [-0.2, -0.15) is 0 Å². The molecule has 2 aromatic rings. The van der Waals surface area contributed by atoms with E-state index in [0.29, 0.717) is 0 Å². The van der Waals surface area contributed by atoms with Gasteiger partial charge in [0, 0.05) is 16.8 Å². The van der Waals surface area contributed by atoms with E-state index >= 15 is 0 Å². The minimum absolute atomic E-state index is 1.10. The smallest absolute Gasteiger partial charge is 0.0454 e. The van der Waals surface area contributed by atoms with E-state index in [4.69, 9.17) is 0 Å². The van der Waals surface area contributed by atoms with Crippen LogP contribution in [-0.2, 0) is 6.42 Å². The Kier molecular flexibility index (Phi) is 3.00. The Balaban J connectivity index is 2.43. The van der Waals surface area contributed by atoms with Gasteiger partial charge >= 0.3 is 0 Å². The molecule has 0 aliphatic rings. The molecule has 1 heterocycles. The van der Waals surface area contributed by atoms with Crippen LogP contribution >= 0.6 is 0 Å². The van der Waals surface area contributed by atoms with Crippen molar-refractivity contribution in [3.8, 4) is 0 Å². The van der Waals surface area contributed by atoms with Crippen molar-refractivity contribution >= 4 is 10.8 Å². The van der Waals surface area contributed by atoms with E-state index in [2.05, 4.69) is 49.2 Å². The topological polar surface area (TPSA) is 12.9 Å². The van der Waals surface area contributed by atoms with Gasteiger partial charge in [0.15, 0.2) is 0 Å². The van der Waals surface area contributed by atoms with Gasteiger partial charge in [0.2, 0.25) is 0 Å². The monoisotopic (exact) mass is 199 g/mol. The van der Waals surface area contributed by atoms with E-state index in [-0.39, 0.29) is 0 Å². The molecule has 0 atom stereocenters. The zero-order chi connectivity index (χ0) is 10.7. The summed E-state index contributed by atoms with van der Waals surface area (Å²) >= 11 is 0. The third-order valence-electron chi connectivity index (χ3n) is 2.77. The Bertz CT molecular complexity index is 460. The van der Waals surface area contributed by atoms with Crippen LogP contribution in [0, 0.1) is 6.92 Å². The quantitative estimate of drug-likeness (QED) is 0.731. The molecule has 0 unspecified atom stereocenters. The normalized spacial score (nSPS) is 10.8. The summed E-state index contributed by atoms with van der Waals surface area (Å²) in [7, 11) is 0. The molecule has 0 fully saturated rings. The van der Waals surface area contributed by atoms with Gasteiger partial charge in [0.05, 0.1) is 0 Å². The summed E-state index contributed by atoms with van der Waals surface area (Å²) in [5.74, 6) is 0. The van der Waals surface area contributed by atoms with Crippen molar-refractivity contribution in [2.24, 2.45) is 0 Å².